The number of benzene rings is 1. The highest BCUT2D eigenvalue weighted by Gasteiger charge is 2.29. The third kappa shape index (κ3) is 4.71. The maximum Gasteiger partial charge on any atom is 0.278 e. The predicted molar refractivity (Wildman–Crippen MR) is 111 cm³/mol. The lowest BCUT2D eigenvalue weighted by Crippen LogP contribution is -2.50. The lowest BCUT2D eigenvalue weighted by molar-refractivity contribution is -0.137. The van der Waals surface area contributed by atoms with E-state index in [2.05, 4.69) is 34.3 Å². The molecule has 2 saturated heterocycles. The van der Waals surface area contributed by atoms with Crippen molar-refractivity contribution in [3.63, 3.8) is 0 Å². The van der Waals surface area contributed by atoms with Crippen molar-refractivity contribution in [1.82, 2.24) is 20.1 Å². The summed E-state index contributed by atoms with van der Waals surface area (Å²) in [6, 6.07) is 6.36. The molecule has 6 nitrogen and oxygen atoms in total. The number of aromatic nitrogens is 1. The molecule has 0 bridgehead atoms. The molecule has 0 spiro atoms. The monoisotopic (exact) mass is 400 g/mol. The van der Waals surface area contributed by atoms with Crippen LogP contribution in [0.4, 0.5) is 0 Å². The van der Waals surface area contributed by atoms with Gasteiger partial charge >= 0.3 is 0 Å². The second-order valence-electron chi connectivity index (χ2n) is 7.63. The van der Waals surface area contributed by atoms with Crippen LogP contribution in [-0.2, 0) is 11.3 Å². The summed E-state index contributed by atoms with van der Waals surface area (Å²) < 4.78 is 5.84. The highest BCUT2D eigenvalue weighted by atomic mass is 32.1. The molecule has 2 aliphatic heterocycles. The topological polar surface area (TPSA) is 57.7 Å². The number of ether oxygens (including phenoxy) is 1. The Labute approximate surface area is 170 Å². The quantitative estimate of drug-likeness (QED) is 0.836. The van der Waals surface area contributed by atoms with E-state index in [0.717, 1.165) is 70.0 Å². The number of hydrogen-bond acceptors (Lipinski definition) is 6. The molecule has 4 rings (SSSR count). The van der Waals surface area contributed by atoms with Gasteiger partial charge in [0.05, 0.1) is 0 Å². The van der Waals surface area contributed by atoms with E-state index in [1.165, 1.54) is 16.9 Å². The van der Waals surface area contributed by atoms with Crippen molar-refractivity contribution in [1.29, 1.82) is 0 Å². The smallest absolute Gasteiger partial charge is 0.278 e. The van der Waals surface area contributed by atoms with Gasteiger partial charge in [0.2, 0.25) is 5.91 Å². The minimum absolute atomic E-state index is 0.199. The Bertz CT molecular complexity index is 782. The first-order chi connectivity index (χ1) is 13.7. The van der Waals surface area contributed by atoms with Crippen molar-refractivity contribution >= 4 is 17.2 Å². The number of rotatable bonds is 5. The van der Waals surface area contributed by atoms with Crippen molar-refractivity contribution in [2.45, 2.75) is 26.3 Å². The third-order valence-corrected chi connectivity index (χ3v) is 6.27. The third-order valence-electron chi connectivity index (χ3n) is 5.62. The van der Waals surface area contributed by atoms with Crippen LogP contribution in [-0.4, -0.2) is 60.0 Å². The maximum absolute atomic E-state index is 12.7. The molecule has 28 heavy (non-hydrogen) atoms. The molecule has 150 valence electrons. The molecule has 2 fully saturated rings. The van der Waals surface area contributed by atoms with Gasteiger partial charge in [0.15, 0.2) is 0 Å². The number of nitrogens with zero attached hydrogens (tertiary/aromatic N) is 3. The standard InChI is InChI=1S/C21H28N4O2S/c1-16-14-17(2-3-19(16)27-21-23-8-13-28-21)15-24-9-4-18(5-10-24)20(26)25-11-6-22-7-12-25/h2-3,8,13-14,18,22H,4-7,9-12,15H2,1H3. The molecule has 7 heteroatoms. The van der Waals surface area contributed by atoms with E-state index in [0.29, 0.717) is 11.1 Å². The van der Waals surface area contributed by atoms with Gasteiger partial charge in [-0.25, -0.2) is 4.98 Å². The summed E-state index contributed by atoms with van der Waals surface area (Å²) in [5, 5.41) is 5.90. The second-order valence-corrected chi connectivity index (χ2v) is 8.48. The molecule has 0 aliphatic carbocycles. The van der Waals surface area contributed by atoms with Gasteiger partial charge in [0.1, 0.15) is 5.75 Å². The Hall–Kier alpha value is -1.96. The van der Waals surface area contributed by atoms with Crippen LogP contribution >= 0.6 is 11.3 Å². The summed E-state index contributed by atoms with van der Waals surface area (Å²) in [5.74, 6) is 1.42. The van der Waals surface area contributed by atoms with E-state index < -0.39 is 0 Å². The van der Waals surface area contributed by atoms with Crippen LogP contribution in [0.15, 0.2) is 29.8 Å². The Balaban J connectivity index is 1.28. The molecule has 2 aromatic rings. The van der Waals surface area contributed by atoms with Gasteiger partial charge in [-0.2, -0.15) is 0 Å². The average Bonchev–Trinajstić information content (AvgIpc) is 3.24. The van der Waals surface area contributed by atoms with Gasteiger partial charge in [0, 0.05) is 50.2 Å². The van der Waals surface area contributed by atoms with E-state index in [1.807, 2.05) is 16.3 Å². The Morgan fingerprint density at radius 1 is 1.25 bits per heavy atom. The number of likely N-dealkylation sites (tertiary alicyclic amines) is 1. The highest BCUT2D eigenvalue weighted by molar-refractivity contribution is 7.11. The maximum atomic E-state index is 12.7. The van der Waals surface area contributed by atoms with Crippen LogP contribution in [0.25, 0.3) is 0 Å². The Morgan fingerprint density at radius 3 is 2.71 bits per heavy atom. The zero-order valence-corrected chi connectivity index (χ0v) is 17.2. The Kier molecular flexibility index (Phi) is 6.24. The van der Waals surface area contributed by atoms with Gasteiger partial charge in [0.25, 0.3) is 5.19 Å². The minimum Gasteiger partial charge on any atom is -0.431 e. The molecule has 0 unspecified atom stereocenters. The van der Waals surface area contributed by atoms with Crippen LogP contribution in [0.1, 0.15) is 24.0 Å². The number of hydrogen-bond donors (Lipinski definition) is 1. The Morgan fingerprint density at radius 2 is 2.04 bits per heavy atom. The zero-order chi connectivity index (χ0) is 19.3. The first kappa shape index (κ1) is 19.4. The van der Waals surface area contributed by atoms with Gasteiger partial charge in [-0.1, -0.05) is 23.5 Å². The van der Waals surface area contributed by atoms with Crippen molar-refractivity contribution in [3.05, 3.63) is 40.9 Å². The number of carbonyl (C=O) groups is 1. The summed E-state index contributed by atoms with van der Waals surface area (Å²) in [4.78, 5) is 21.4. The first-order valence-electron chi connectivity index (χ1n) is 10.1. The van der Waals surface area contributed by atoms with Crippen molar-refractivity contribution in [3.8, 4) is 10.9 Å². The van der Waals surface area contributed by atoms with Crippen LogP contribution in [0, 0.1) is 12.8 Å². The van der Waals surface area contributed by atoms with Crippen molar-refractivity contribution < 1.29 is 9.53 Å². The molecule has 0 saturated carbocycles. The van der Waals surface area contributed by atoms with E-state index >= 15 is 0 Å². The van der Waals surface area contributed by atoms with Crippen LogP contribution in [0.3, 0.4) is 0 Å². The summed E-state index contributed by atoms with van der Waals surface area (Å²) in [7, 11) is 0. The minimum atomic E-state index is 0.199. The molecular weight excluding hydrogens is 372 g/mol. The fraction of sp³-hybridized carbons (Fsp3) is 0.524. The molecule has 3 heterocycles. The van der Waals surface area contributed by atoms with E-state index in [4.69, 9.17) is 4.74 Å². The summed E-state index contributed by atoms with van der Waals surface area (Å²) in [5.41, 5.74) is 2.41. The fourth-order valence-corrected chi connectivity index (χ4v) is 4.52. The molecule has 0 atom stereocenters. The van der Waals surface area contributed by atoms with Crippen LogP contribution in [0.2, 0.25) is 0 Å². The number of carbonyl (C=O) groups excluding carboxylic acids is 1. The number of thiazole rings is 1. The van der Waals surface area contributed by atoms with Crippen molar-refractivity contribution in [2.75, 3.05) is 39.3 Å². The largest absolute Gasteiger partial charge is 0.431 e. The number of piperidine rings is 1. The van der Waals surface area contributed by atoms with Crippen LogP contribution < -0.4 is 10.1 Å². The number of amides is 1. The van der Waals surface area contributed by atoms with Crippen LogP contribution in [0.5, 0.6) is 10.9 Å². The van der Waals surface area contributed by atoms with Gasteiger partial charge in [-0.3, -0.25) is 9.69 Å². The normalized spacial score (nSPS) is 19.0. The zero-order valence-electron chi connectivity index (χ0n) is 16.4. The lowest BCUT2D eigenvalue weighted by Gasteiger charge is -2.35. The lowest BCUT2D eigenvalue weighted by atomic mass is 9.94. The molecule has 2 aliphatic rings. The summed E-state index contributed by atoms with van der Waals surface area (Å²) in [6.07, 6.45) is 3.68. The first-order valence-corrected chi connectivity index (χ1v) is 11.0. The highest BCUT2D eigenvalue weighted by Crippen LogP contribution is 2.28. The van der Waals surface area contributed by atoms with Crippen molar-refractivity contribution in [2.24, 2.45) is 5.92 Å². The number of nitrogens with one attached hydrogen (secondary N) is 1. The van der Waals surface area contributed by atoms with E-state index in [-0.39, 0.29) is 5.92 Å². The van der Waals surface area contributed by atoms with Gasteiger partial charge in [-0.05, 0) is 50.0 Å². The molecule has 1 aromatic carbocycles. The molecule has 1 aromatic heterocycles. The summed E-state index contributed by atoms with van der Waals surface area (Å²) in [6.45, 7) is 8.52. The van der Waals surface area contributed by atoms with E-state index in [1.54, 1.807) is 6.20 Å². The van der Waals surface area contributed by atoms with Gasteiger partial charge in [-0.15, -0.1) is 0 Å². The number of aryl methyl sites for hydroxylation is 1. The molecule has 1 N–H and O–H groups in total. The van der Waals surface area contributed by atoms with E-state index in [9.17, 15) is 4.79 Å². The fourth-order valence-electron chi connectivity index (χ4n) is 4.02. The number of piperazine rings is 1. The molecule has 0 radical (unpaired) electrons. The molecular formula is C21H28N4O2S. The SMILES string of the molecule is Cc1cc(CN2CCC(C(=O)N3CCNCC3)CC2)ccc1Oc1nccs1. The predicted octanol–water partition coefficient (Wildman–Crippen LogP) is 2.89. The second kappa shape index (κ2) is 9.03. The summed E-state index contributed by atoms with van der Waals surface area (Å²) >= 11 is 1.50. The van der Waals surface area contributed by atoms with Gasteiger partial charge < -0.3 is 15.0 Å². The average molecular weight is 401 g/mol. The molecule has 1 amide bonds.